The van der Waals surface area contributed by atoms with Crippen molar-refractivity contribution in [2.24, 2.45) is 11.7 Å². The topological polar surface area (TPSA) is 170 Å². The largest absolute Gasteiger partial charge is 0.478 e. The predicted octanol–water partition coefficient (Wildman–Crippen LogP) is 2.72. The number of carbonyl (C=O) groups is 3. The molecule has 198 valence electrons. The molecule has 0 aliphatic heterocycles. The van der Waals surface area contributed by atoms with Gasteiger partial charge in [-0.2, -0.15) is 0 Å². The van der Waals surface area contributed by atoms with Gasteiger partial charge in [-0.25, -0.2) is 4.79 Å². The molecule has 0 saturated heterocycles. The minimum Gasteiger partial charge on any atom is -0.478 e. The zero-order valence-corrected chi connectivity index (χ0v) is 21.3. The molecule has 7 N–H and O–H groups in total. The van der Waals surface area contributed by atoms with Crippen LogP contribution in [0.5, 0.6) is 0 Å². The highest BCUT2D eigenvalue weighted by Gasteiger charge is 2.29. The standard InChI is InChI=1S/C28H32N6O4/c1-17(2)23(26(35)32-15-13-21-7-3-4-14-31-21)34-27(36)24(18-9-11-19(12-10-18)28(37)38)33-22-8-5-6-20(16-22)25(29)30/h3-12,14,16-17,23-24,33H,13,15H2,1-2H3,(H3,29,30)(H,32,35)(H,34,36)(H,37,38). The van der Waals surface area contributed by atoms with Crippen molar-refractivity contribution < 1.29 is 19.5 Å². The number of nitrogens with zero attached hydrogens (tertiary/aromatic N) is 1. The van der Waals surface area contributed by atoms with Crippen LogP contribution in [0.4, 0.5) is 5.69 Å². The Hall–Kier alpha value is -4.73. The maximum Gasteiger partial charge on any atom is 0.335 e. The molecule has 10 heteroatoms. The van der Waals surface area contributed by atoms with Crippen molar-refractivity contribution in [3.63, 3.8) is 0 Å². The number of hydrogen-bond donors (Lipinski definition) is 6. The molecule has 1 aromatic heterocycles. The number of amidine groups is 1. The van der Waals surface area contributed by atoms with Crippen LogP contribution in [0.25, 0.3) is 0 Å². The number of carboxylic acids is 1. The first-order valence-electron chi connectivity index (χ1n) is 12.2. The van der Waals surface area contributed by atoms with E-state index in [2.05, 4.69) is 20.9 Å². The number of benzene rings is 2. The van der Waals surface area contributed by atoms with E-state index >= 15 is 0 Å². The molecule has 0 radical (unpaired) electrons. The van der Waals surface area contributed by atoms with Crippen LogP contribution in [0.1, 0.15) is 47.1 Å². The second-order valence-electron chi connectivity index (χ2n) is 9.09. The van der Waals surface area contributed by atoms with Crippen LogP contribution < -0.4 is 21.7 Å². The van der Waals surface area contributed by atoms with Crippen molar-refractivity contribution in [2.45, 2.75) is 32.4 Å². The maximum atomic E-state index is 13.6. The molecule has 10 nitrogen and oxygen atoms in total. The van der Waals surface area contributed by atoms with E-state index in [1.807, 2.05) is 32.0 Å². The summed E-state index contributed by atoms with van der Waals surface area (Å²) in [5.41, 5.74) is 8.04. The van der Waals surface area contributed by atoms with E-state index in [1.54, 1.807) is 42.6 Å². The summed E-state index contributed by atoms with van der Waals surface area (Å²) < 4.78 is 0. The number of nitrogen functional groups attached to an aromatic ring is 1. The number of aromatic carboxylic acids is 1. The maximum absolute atomic E-state index is 13.6. The van der Waals surface area contributed by atoms with Gasteiger partial charge in [-0.05, 0) is 47.9 Å². The molecule has 0 aliphatic carbocycles. The lowest BCUT2D eigenvalue weighted by molar-refractivity contribution is -0.130. The zero-order valence-electron chi connectivity index (χ0n) is 21.3. The Kier molecular flexibility index (Phi) is 9.53. The van der Waals surface area contributed by atoms with Crippen molar-refractivity contribution in [1.82, 2.24) is 15.6 Å². The van der Waals surface area contributed by atoms with Crippen LogP contribution >= 0.6 is 0 Å². The molecule has 0 bridgehead atoms. The first-order chi connectivity index (χ1) is 18.2. The molecule has 3 rings (SSSR count). The molecule has 2 amide bonds. The Labute approximate surface area is 221 Å². The molecule has 2 unspecified atom stereocenters. The summed E-state index contributed by atoms with van der Waals surface area (Å²) in [7, 11) is 0. The normalized spacial score (nSPS) is 12.3. The minimum absolute atomic E-state index is 0.0822. The number of amides is 2. The lowest BCUT2D eigenvalue weighted by Gasteiger charge is -2.26. The number of nitrogens with two attached hydrogens (primary N) is 1. The third-order valence-corrected chi connectivity index (χ3v) is 5.89. The molecule has 1 heterocycles. The lowest BCUT2D eigenvalue weighted by Crippen LogP contribution is -2.51. The van der Waals surface area contributed by atoms with Crippen LogP contribution in [-0.2, 0) is 16.0 Å². The monoisotopic (exact) mass is 516 g/mol. The number of rotatable bonds is 12. The van der Waals surface area contributed by atoms with Crippen LogP contribution in [0.3, 0.4) is 0 Å². The molecule has 0 fully saturated rings. The quantitative estimate of drug-likeness (QED) is 0.159. The van der Waals surface area contributed by atoms with Gasteiger partial charge in [0.15, 0.2) is 0 Å². The molecular weight excluding hydrogens is 484 g/mol. The molecule has 38 heavy (non-hydrogen) atoms. The first kappa shape index (κ1) is 27.9. The van der Waals surface area contributed by atoms with Crippen molar-refractivity contribution in [1.29, 1.82) is 5.41 Å². The van der Waals surface area contributed by atoms with Gasteiger partial charge >= 0.3 is 5.97 Å². The average molecular weight is 517 g/mol. The summed E-state index contributed by atoms with van der Waals surface area (Å²) in [6.07, 6.45) is 2.24. The second-order valence-corrected chi connectivity index (χ2v) is 9.09. The summed E-state index contributed by atoms with van der Waals surface area (Å²) in [5.74, 6) is -2.20. The van der Waals surface area contributed by atoms with E-state index < -0.39 is 24.0 Å². The first-order valence-corrected chi connectivity index (χ1v) is 12.2. The molecule has 3 aromatic rings. The fraction of sp³-hybridized carbons (Fsp3) is 0.250. The lowest BCUT2D eigenvalue weighted by atomic mass is 10.00. The fourth-order valence-corrected chi connectivity index (χ4v) is 3.80. The molecule has 2 atom stereocenters. The van der Waals surface area contributed by atoms with Gasteiger partial charge in [-0.1, -0.05) is 44.2 Å². The number of pyridine rings is 1. The van der Waals surface area contributed by atoms with E-state index in [0.717, 1.165) is 5.69 Å². The highest BCUT2D eigenvalue weighted by molar-refractivity contribution is 5.96. The van der Waals surface area contributed by atoms with Crippen molar-refractivity contribution >= 4 is 29.3 Å². The van der Waals surface area contributed by atoms with E-state index in [0.29, 0.717) is 29.8 Å². The van der Waals surface area contributed by atoms with Gasteiger partial charge in [0.2, 0.25) is 11.8 Å². The zero-order chi connectivity index (χ0) is 27.7. The Morgan fingerprint density at radius 3 is 2.32 bits per heavy atom. The van der Waals surface area contributed by atoms with Crippen LogP contribution in [0.15, 0.2) is 72.9 Å². The molecule has 0 aliphatic rings. The van der Waals surface area contributed by atoms with Crippen molar-refractivity contribution in [3.05, 3.63) is 95.3 Å². The van der Waals surface area contributed by atoms with E-state index in [-0.39, 0.29) is 23.2 Å². The summed E-state index contributed by atoms with van der Waals surface area (Å²) in [4.78, 5) is 42.1. The summed E-state index contributed by atoms with van der Waals surface area (Å²) in [6.45, 7) is 4.04. The highest BCUT2D eigenvalue weighted by Crippen LogP contribution is 2.22. The number of carbonyl (C=O) groups excluding carboxylic acids is 2. The van der Waals surface area contributed by atoms with Gasteiger partial charge in [-0.15, -0.1) is 0 Å². The van der Waals surface area contributed by atoms with Gasteiger partial charge in [0.1, 0.15) is 17.9 Å². The predicted molar refractivity (Wildman–Crippen MR) is 145 cm³/mol. The van der Waals surface area contributed by atoms with Gasteiger partial charge in [-0.3, -0.25) is 20.0 Å². The summed E-state index contributed by atoms with van der Waals surface area (Å²) >= 11 is 0. The van der Waals surface area contributed by atoms with Crippen molar-refractivity contribution in [3.8, 4) is 0 Å². The Balaban J connectivity index is 1.80. The number of anilines is 1. The van der Waals surface area contributed by atoms with Gasteiger partial charge in [0.25, 0.3) is 0 Å². The van der Waals surface area contributed by atoms with Crippen molar-refractivity contribution in [2.75, 3.05) is 11.9 Å². The van der Waals surface area contributed by atoms with Gasteiger partial charge in [0.05, 0.1) is 5.56 Å². The number of carboxylic acid groups (broad SMARTS) is 1. The molecule has 0 spiro atoms. The number of nitrogens with one attached hydrogen (secondary N) is 4. The minimum atomic E-state index is -1.08. The van der Waals surface area contributed by atoms with Crippen LogP contribution in [0, 0.1) is 11.3 Å². The van der Waals surface area contributed by atoms with Crippen LogP contribution in [0.2, 0.25) is 0 Å². The molecular formula is C28H32N6O4. The van der Waals surface area contributed by atoms with Crippen LogP contribution in [-0.4, -0.2) is 46.3 Å². The van der Waals surface area contributed by atoms with Gasteiger partial charge < -0.3 is 26.8 Å². The fourth-order valence-electron chi connectivity index (χ4n) is 3.80. The Morgan fingerprint density at radius 1 is 0.974 bits per heavy atom. The molecule has 2 aromatic carbocycles. The van der Waals surface area contributed by atoms with E-state index in [1.165, 1.54) is 12.1 Å². The Bertz CT molecular complexity index is 1280. The number of aromatic nitrogens is 1. The smallest absolute Gasteiger partial charge is 0.335 e. The number of hydrogen-bond acceptors (Lipinski definition) is 6. The third kappa shape index (κ3) is 7.63. The van der Waals surface area contributed by atoms with E-state index in [4.69, 9.17) is 11.1 Å². The van der Waals surface area contributed by atoms with E-state index in [9.17, 15) is 19.5 Å². The SMILES string of the molecule is CC(C)C(NC(=O)C(Nc1cccc(C(=N)N)c1)c1ccc(C(=O)O)cc1)C(=O)NCCc1ccccn1. The average Bonchev–Trinajstić information content (AvgIpc) is 2.90. The summed E-state index contributed by atoms with van der Waals surface area (Å²) in [5, 5.41) is 25.8. The highest BCUT2D eigenvalue weighted by atomic mass is 16.4. The summed E-state index contributed by atoms with van der Waals surface area (Å²) in [6, 6.07) is 16.5. The Morgan fingerprint density at radius 2 is 1.71 bits per heavy atom. The molecule has 0 saturated carbocycles. The van der Waals surface area contributed by atoms with Gasteiger partial charge in [0, 0.05) is 36.1 Å². The second kappa shape index (κ2) is 13.0. The third-order valence-electron chi connectivity index (χ3n) is 5.89.